The minimum atomic E-state index is 0.195. The smallest absolute Gasteiger partial charge is 0.227 e. The molecule has 0 aliphatic rings. The number of nitrogens with zero attached hydrogens (tertiary/aromatic N) is 2. The highest BCUT2D eigenvalue weighted by Gasteiger charge is 2.18. The van der Waals surface area contributed by atoms with Crippen molar-refractivity contribution in [3.63, 3.8) is 0 Å². The number of pyridine rings is 1. The molecule has 1 N–H and O–H groups in total. The van der Waals surface area contributed by atoms with Gasteiger partial charge in [-0.2, -0.15) is 0 Å². The molecule has 178 valence electrons. The predicted octanol–water partition coefficient (Wildman–Crippen LogP) is 8.88. The Morgan fingerprint density at radius 2 is 1.39 bits per heavy atom. The van der Waals surface area contributed by atoms with Gasteiger partial charge in [0, 0.05) is 28.3 Å². The topological polar surface area (TPSA) is 59.2 Å². The Morgan fingerprint density at radius 1 is 0.579 bits per heavy atom. The molecule has 0 aliphatic heterocycles. The summed E-state index contributed by atoms with van der Waals surface area (Å²) < 4.78 is 6.14. The van der Waals surface area contributed by atoms with Crippen LogP contribution in [0.1, 0.15) is 0 Å². The number of aromatic nitrogens is 2. The van der Waals surface area contributed by atoms with E-state index in [1.165, 1.54) is 0 Å². The standard InChI is InChI=1S/C34H20N2O2/c37-33-27(15-14-20-8-6-18-35-32(20)33)31-22-9-2-1-7-21(22)19-28-23-10-5-11-26(24(23)16-17-25(28)31)34-36-29-12-3-4-13-30(29)38-34/h1-19,37H. The van der Waals surface area contributed by atoms with Gasteiger partial charge in [-0.1, -0.05) is 72.8 Å². The zero-order valence-electron chi connectivity index (χ0n) is 20.2. The van der Waals surface area contributed by atoms with Gasteiger partial charge in [-0.3, -0.25) is 4.98 Å². The number of fused-ring (bicyclic) bond motifs is 6. The molecule has 0 bridgehead atoms. The SMILES string of the molecule is Oc1c(-c2c3ccccc3cc3c2ccc2c(-c4nc5ccccc5o4)cccc23)ccc2cccnc12. The lowest BCUT2D eigenvalue weighted by atomic mass is 9.88. The fraction of sp³-hybridized carbons (Fsp3) is 0. The number of rotatable bonds is 2. The molecule has 0 saturated carbocycles. The van der Waals surface area contributed by atoms with Gasteiger partial charge in [0.15, 0.2) is 5.58 Å². The van der Waals surface area contributed by atoms with Crippen molar-refractivity contribution >= 4 is 54.3 Å². The van der Waals surface area contributed by atoms with Crippen LogP contribution in [0.5, 0.6) is 5.75 Å². The van der Waals surface area contributed by atoms with Crippen molar-refractivity contribution in [3.8, 4) is 28.3 Å². The minimum absolute atomic E-state index is 0.195. The van der Waals surface area contributed by atoms with E-state index in [9.17, 15) is 5.11 Å². The van der Waals surface area contributed by atoms with Crippen LogP contribution >= 0.6 is 0 Å². The Bertz CT molecular complexity index is 2180. The Hall–Kier alpha value is -5.22. The molecule has 4 heteroatoms. The van der Waals surface area contributed by atoms with E-state index in [4.69, 9.17) is 9.40 Å². The van der Waals surface area contributed by atoms with E-state index >= 15 is 0 Å². The molecule has 0 spiro atoms. The molecule has 8 aromatic rings. The van der Waals surface area contributed by atoms with Gasteiger partial charge >= 0.3 is 0 Å². The lowest BCUT2D eigenvalue weighted by Gasteiger charge is -2.16. The number of oxazole rings is 1. The van der Waals surface area contributed by atoms with E-state index in [1.807, 2.05) is 54.6 Å². The number of para-hydroxylation sites is 2. The molecule has 38 heavy (non-hydrogen) atoms. The van der Waals surface area contributed by atoms with Crippen LogP contribution in [0.3, 0.4) is 0 Å². The molecular formula is C34H20N2O2. The van der Waals surface area contributed by atoms with E-state index in [-0.39, 0.29) is 5.75 Å². The average molecular weight is 489 g/mol. The second-order valence-corrected chi connectivity index (χ2v) is 9.56. The summed E-state index contributed by atoms with van der Waals surface area (Å²) in [6.45, 7) is 0. The van der Waals surface area contributed by atoms with E-state index in [1.54, 1.807) is 6.20 Å². The maximum absolute atomic E-state index is 11.4. The maximum Gasteiger partial charge on any atom is 0.227 e. The minimum Gasteiger partial charge on any atom is -0.505 e. The van der Waals surface area contributed by atoms with E-state index in [0.29, 0.717) is 11.4 Å². The van der Waals surface area contributed by atoms with Crippen LogP contribution in [0, 0.1) is 0 Å². The van der Waals surface area contributed by atoms with Gasteiger partial charge in [-0.15, -0.1) is 0 Å². The fourth-order valence-electron chi connectivity index (χ4n) is 5.70. The highest BCUT2D eigenvalue weighted by atomic mass is 16.3. The molecule has 4 nitrogen and oxygen atoms in total. The third-order valence-corrected chi connectivity index (χ3v) is 7.44. The van der Waals surface area contributed by atoms with Crippen LogP contribution in [-0.4, -0.2) is 15.1 Å². The van der Waals surface area contributed by atoms with Crippen molar-refractivity contribution in [2.75, 3.05) is 0 Å². The van der Waals surface area contributed by atoms with Crippen molar-refractivity contribution in [2.45, 2.75) is 0 Å². The second kappa shape index (κ2) is 7.89. The summed E-state index contributed by atoms with van der Waals surface area (Å²) in [6, 6.07) is 36.8. The number of phenols is 1. The molecule has 8 rings (SSSR count). The fourth-order valence-corrected chi connectivity index (χ4v) is 5.70. The van der Waals surface area contributed by atoms with Crippen LogP contribution in [0.4, 0.5) is 0 Å². The van der Waals surface area contributed by atoms with Crippen molar-refractivity contribution in [2.24, 2.45) is 0 Å². The molecule has 0 unspecified atom stereocenters. The molecule has 0 amide bonds. The number of benzene rings is 6. The molecule has 0 saturated heterocycles. The zero-order valence-corrected chi connectivity index (χ0v) is 20.2. The van der Waals surface area contributed by atoms with Gasteiger partial charge in [-0.25, -0.2) is 4.98 Å². The van der Waals surface area contributed by atoms with Gasteiger partial charge in [0.1, 0.15) is 16.8 Å². The number of phenolic OH excluding ortho intramolecular Hbond substituents is 1. The normalized spacial score (nSPS) is 11.8. The van der Waals surface area contributed by atoms with Crippen LogP contribution in [-0.2, 0) is 0 Å². The van der Waals surface area contributed by atoms with E-state index < -0.39 is 0 Å². The van der Waals surface area contributed by atoms with Gasteiger partial charge in [0.2, 0.25) is 5.89 Å². The first-order valence-corrected chi connectivity index (χ1v) is 12.6. The van der Waals surface area contributed by atoms with Crippen molar-refractivity contribution in [1.29, 1.82) is 0 Å². The number of hydrogen-bond donors (Lipinski definition) is 1. The maximum atomic E-state index is 11.4. The predicted molar refractivity (Wildman–Crippen MR) is 154 cm³/mol. The van der Waals surface area contributed by atoms with Gasteiger partial charge < -0.3 is 9.52 Å². The highest BCUT2D eigenvalue weighted by molar-refractivity contribution is 6.22. The first kappa shape index (κ1) is 20.9. The Kier molecular flexibility index (Phi) is 4.34. The van der Waals surface area contributed by atoms with Crippen molar-refractivity contribution in [1.82, 2.24) is 9.97 Å². The summed E-state index contributed by atoms with van der Waals surface area (Å²) in [4.78, 5) is 9.23. The van der Waals surface area contributed by atoms with Gasteiger partial charge in [0.25, 0.3) is 0 Å². The lowest BCUT2D eigenvalue weighted by Crippen LogP contribution is -1.90. The molecule has 0 fully saturated rings. The quantitative estimate of drug-likeness (QED) is 0.195. The summed E-state index contributed by atoms with van der Waals surface area (Å²) in [5.41, 5.74) is 4.94. The first-order chi connectivity index (χ1) is 18.8. The molecule has 2 aromatic heterocycles. The highest BCUT2D eigenvalue weighted by Crippen LogP contribution is 2.45. The zero-order chi connectivity index (χ0) is 25.2. The summed E-state index contributed by atoms with van der Waals surface area (Å²) in [6.07, 6.45) is 1.72. The van der Waals surface area contributed by atoms with Gasteiger partial charge in [-0.05, 0) is 68.7 Å². The number of hydrogen-bond acceptors (Lipinski definition) is 4. The van der Waals surface area contributed by atoms with Crippen LogP contribution < -0.4 is 0 Å². The molecule has 0 radical (unpaired) electrons. The Morgan fingerprint density at radius 3 is 2.34 bits per heavy atom. The second-order valence-electron chi connectivity index (χ2n) is 9.56. The van der Waals surface area contributed by atoms with E-state index in [0.717, 1.165) is 65.5 Å². The summed E-state index contributed by atoms with van der Waals surface area (Å²) >= 11 is 0. The van der Waals surface area contributed by atoms with Crippen molar-refractivity contribution in [3.05, 3.63) is 115 Å². The summed E-state index contributed by atoms with van der Waals surface area (Å²) in [5.74, 6) is 0.802. The third kappa shape index (κ3) is 2.98. The summed E-state index contributed by atoms with van der Waals surface area (Å²) in [5, 5.41) is 18.9. The molecular weight excluding hydrogens is 468 g/mol. The van der Waals surface area contributed by atoms with Crippen LogP contribution in [0.15, 0.2) is 120 Å². The molecule has 2 heterocycles. The van der Waals surface area contributed by atoms with Crippen molar-refractivity contribution < 1.29 is 9.52 Å². The largest absolute Gasteiger partial charge is 0.505 e. The van der Waals surface area contributed by atoms with Crippen LogP contribution in [0.25, 0.3) is 76.9 Å². The third-order valence-electron chi connectivity index (χ3n) is 7.44. The average Bonchev–Trinajstić information content (AvgIpc) is 3.40. The molecule has 0 atom stereocenters. The molecule has 6 aromatic carbocycles. The van der Waals surface area contributed by atoms with Crippen LogP contribution in [0.2, 0.25) is 0 Å². The molecule has 0 aliphatic carbocycles. The monoisotopic (exact) mass is 488 g/mol. The Labute approximate surface area is 217 Å². The Balaban J connectivity index is 1.47. The van der Waals surface area contributed by atoms with Gasteiger partial charge in [0.05, 0.1) is 0 Å². The first-order valence-electron chi connectivity index (χ1n) is 12.6. The lowest BCUT2D eigenvalue weighted by molar-refractivity contribution is 0.482. The number of aromatic hydroxyl groups is 1. The summed E-state index contributed by atoms with van der Waals surface area (Å²) in [7, 11) is 0. The van der Waals surface area contributed by atoms with E-state index in [2.05, 4.69) is 59.6 Å².